The first-order valence-corrected chi connectivity index (χ1v) is 7.58. The molecule has 1 amide bonds. The molecular formula is C15H22Cl2N2O4. The SMILES string of the molecule is COCCOc1ccc(Cl)cc1C(=O)NCC1CNCC1O.Cl. The maximum atomic E-state index is 12.3. The van der Waals surface area contributed by atoms with Crippen molar-refractivity contribution in [2.45, 2.75) is 6.10 Å². The highest BCUT2D eigenvalue weighted by Crippen LogP contribution is 2.23. The van der Waals surface area contributed by atoms with Crippen molar-refractivity contribution in [3.63, 3.8) is 0 Å². The van der Waals surface area contributed by atoms with Gasteiger partial charge >= 0.3 is 0 Å². The standard InChI is InChI=1S/C15H21ClN2O4.ClH/c1-21-4-5-22-14-3-2-11(16)6-12(14)15(20)18-8-10-7-17-9-13(10)19;/h2-3,6,10,13,17,19H,4-5,7-9H2,1H3,(H,18,20);1H. The molecule has 1 aromatic carbocycles. The Bertz CT molecular complexity index is 516. The summed E-state index contributed by atoms with van der Waals surface area (Å²) in [6.07, 6.45) is -0.433. The number of carbonyl (C=O) groups excluding carboxylic acids is 1. The molecule has 1 aliphatic heterocycles. The van der Waals surface area contributed by atoms with E-state index in [-0.39, 0.29) is 24.2 Å². The number of benzene rings is 1. The Balaban J connectivity index is 0.00000264. The van der Waals surface area contributed by atoms with Crippen LogP contribution in [0.2, 0.25) is 5.02 Å². The van der Waals surface area contributed by atoms with Gasteiger partial charge in [0.15, 0.2) is 0 Å². The Morgan fingerprint density at radius 3 is 2.87 bits per heavy atom. The molecule has 2 unspecified atom stereocenters. The average Bonchev–Trinajstić information content (AvgIpc) is 2.91. The lowest BCUT2D eigenvalue weighted by atomic mass is 10.1. The largest absolute Gasteiger partial charge is 0.490 e. The lowest BCUT2D eigenvalue weighted by Gasteiger charge is -2.16. The van der Waals surface area contributed by atoms with Crippen LogP contribution in [0, 0.1) is 5.92 Å². The van der Waals surface area contributed by atoms with E-state index in [1.807, 2.05) is 0 Å². The highest BCUT2D eigenvalue weighted by Gasteiger charge is 2.25. The van der Waals surface area contributed by atoms with Crippen LogP contribution in [0.25, 0.3) is 0 Å². The summed E-state index contributed by atoms with van der Waals surface area (Å²) in [5.74, 6) is 0.207. The minimum absolute atomic E-state index is 0. The van der Waals surface area contributed by atoms with E-state index in [0.29, 0.717) is 49.2 Å². The molecule has 0 aromatic heterocycles. The van der Waals surface area contributed by atoms with Gasteiger partial charge in [-0.3, -0.25) is 4.79 Å². The van der Waals surface area contributed by atoms with Gasteiger partial charge in [0, 0.05) is 37.7 Å². The fourth-order valence-corrected chi connectivity index (χ4v) is 2.46. The van der Waals surface area contributed by atoms with Crippen molar-refractivity contribution in [2.75, 3.05) is 40.0 Å². The summed E-state index contributed by atoms with van der Waals surface area (Å²) in [4.78, 5) is 12.3. The van der Waals surface area contributed by atoms with Crippen LogP contribution in [0.5, 0.6) is 5.75 Å². The molecule has 1 saturated heterocycles. The summed E-state index contributed by atoms with van der Waals surface area (Å²) >= 11 is 5.96. The zero-order valence-corrected chi connectivity index (χ0v) is 14.5. The molecule has 0 saturated carbocycles. The molecule has 3 N–H and O–H groups in total. The summed E-state index contributed by atoms with van der Waals surface area (Å²) < 4.78 is 10.5. The minimum Gasteiger partial charge on any atom is -0.490 e. The maximum absolute atomic E-state index is 12.3. The van der Waals surface area contributed by atoms with Crippen LogP contribution in [0.15, 0.2) is 18.2 Å². The number of β-amino-alcohol motifs (C(OH)–C–C–N with tert-alkyl or cyclic N) is 1. The van der Waals surface area contributed by atoms with Crippen LogP contribution < -0.4 is 15.4 Å². The van der Waals surface area contributed by atoms with E-state index in [1.165, 1.54) is 0 Å². The number of aliphatic hydroxyl groups is 1. The number of nitrogens with one attached hydrogen (secondary N) is 2. The molecule has 2 atom stereocenters. The average molecular weight is 365 g/mol. The van der Waals surface area contributed by atoms with E-state index >= 15 is 0 Å². The number of carbonyl (C=O) groups is 1. The van der Waals surface area contributed by atoms with Crippen molar-refractivity contribution in [3.8, 4) is 5.75 Å². The van der Waals surface area contributed by atoms with Gasteiger partial charge in [-0.25, -0.2) is 0 Å². The molecule has 0 radical (unpaired) electrons. The summed E-state index contributed by atoms with van der Waals surface area (Å²) in [5, 5.41) is 16.1. The molecule has 6 nitrogen and oxygen atoms in total. The van der Waals surface area contributed by atoms with Gasteiger partial charge < -0.3 is 25.2 Å². The van der Waals surface area contributed by atoms with Crippen molar-refractivity contribution in [2.24, 2.45) is 5.92 Å². The monoisotopic (exact) mass is 364 g/mol. The molecule has 130 valence electrons. The van der Waals surface area contributed by atoms with E-state index < -0.39 is 6.10 Å². The lowest BCUT2D eigenvalue weighted by Crippen LogP contribution is -2.34. The molecular weight excluding hydrogens is 343 g/mol. The van der Waals surface area contributed by atoms with Gasteiger partial charge in [-0.2, -0.15) is 0 Å². The predicted molar refractivity (Wildman–Crippen MR) is 90.8 cm³/mol. The summed E-state index contributed by atoms with van der Waals surface area (Å²) in [6.45, 7) is 2.43. The van der Waals surface area contributed by atoms with Gasteiger partial charge in [-0.15, -0.1) is 12.4 Å². The zero-order chi connectivity index (χ0) is 15.9. The van der Waals surface area contributed by atoms with Gasteiger partial charge in [0.25, 0.3) is 5.91 Å². The highest BCUT2D eigenvalue weighted by molar-refractivity contribution is 6.31. The smallest absolute Gasteiger partial charge is 0.255 e. The summed E-state index contributed by atoms with van der Waals surface area (Å²) in [6, 6.07) is 4.91. The predicted octanol–water partition coefficient (Wildman–Crippen LogP) is 1.10. The zero-order valence-electron chi connectivity index (χ0n) is 12.9. The van der Waals surface area contributed by atoms with Crippen LogP contribution in [0.1, 0.15) is 10.4 Å². The Morgan fingerprint density at radius 2 is 2.22 bits per heavy atom. The molecule has 1 aromatic rings. The lowest BCUT2D eigenvalue weighted by molar-refractivity contribution is 0.0919. The quantitative estimate of drug-likeness (QED) is 0.631. The number of aliphatic hydroxyl groups excluding tert-OH is 1. The normalized spacial score (nSPS) is 20.0. The Kier molecular flexibility index (Phi) is 8.65. The van der Waals surface area contributed by atoms with Crippen LogP contribution in [0.3, 0.4) is 0 Å². The fraction of sp³-hybridized carbons (Fsp3) is 0.533. The van der Waals surface area contributed by atoms with Gasteiger partial charge in [0.2, 0.25) is 0 Å². The summed E-state index contributed by atoms with van der Waals surface area (Å²) in [7, 11) is 1.58. The van der Waals surface area contributed by atoms with Crippen molar-refractivity contribution < 1.29 is 19.4 Å². The molecule has 1 aliphatic rings. The van der Waals surface area contributed by atoms with Crippen LogP contribution in [-0.2, 0) is 4.74 Å². The van der Waals surface area contributed by atoms with E-state index in [2.05, 4.69) is 10.6 Å². The first kappa shape index (κ1) is 20.0. The van der Waals surface area contributed by atoms with Crippen LogP contribution in [0.4, 0.5) is 0 Å². The fourth-order valence-electron chi connectivity index (χ4n) is 2.29. The third-order valence-corrected chi connectivity index (χ3v) is 3.80. The Hall–Kier alpha value is -1.05. The second-order valence-electron chi connectivity index (χ2n) is 5.18. The van der Waals surface area contributed by atoms with Crippen molar-refractivity contribution in [1.29, 1.82) is 0 Å². The Morgan fingerprint density at radius 1 is 1.43 bits per heavy atom. The molecule has 1 fully saturated rings. The van der Waals surface area contributed by atoms with Gasteiger partial charge in [0.05, 0.1) is 18.3 Å². The Labute approximate surface area is 146 Å². The van der Waals surface area contributed by atoms with Gasteiger partial charge in [-0.1, -0.05) is 11.6 Å². The molecule has 0 aliphatic carbocycles. The van der Waals surface area contributed by atoms with Crippen LogP contribution in [-0.4, -0.2) is 57.1 Å². The van der Waals surface area contributed by atoms with Crippen molar-refractivity contribution in [1.82, 2.24) is 10.6 Å². The molecule has 8 heteroatoms. The minimum atomic E-state index is -0.433. The third kappa shape index (κ3) is 5.82. The topological polar surface area (TPSA) is 79.8 Å². The first-order chi connectivity index (χ1) is 10.6. The second-order valence-corrected chi connectivity index (χ2v) is 5.61. The van der Waals surface area contributed by atoms with E-state index in [1.54, 1.807) is 25.3 Å². The number of rotatable bonds is 7. The number of hydrogen-bond donors (Lipinski definition) is 3. The third-order valence-electron chi connectivity index (χ3n) is 3.56. The molecule has 0 bridgehead atoms. The number of hydrogen-bond acceptors (Lipinski definition) is 5. The highest BCUT2D eigenvalue weighted by atomic mass is 35.5. The van der Waals surface area contributed by atoms with Crippen molar-refractivity contribution >= 4 is 29.9 Å². The second kappa shape index (κ2) is 9.95. The number of methoxy groups -OCH3 is 1. The van der Waals surface area contributed by atoms with Gasteiger partial charge in [-0.05, 0) is 18.2 Å². The van der Waals surface area contributed by atoms with Crippen LogP contribution >= 0.6 is 24.0 Å². The van der Waals surface area contributed by atoms with Gasteiger partial charge in [0.1, 0.15) is 12.4 Å². The van der Waals surface area contributed by atoms with E-state index in [4.69, 9.17) is 21.1 Å². The molecule has 2 rings (SSSR count). The molecule has 1 heterocycles. The van der Waals surface area contributed by atoms with E-state index in [0.717, 1.165) is 0 Å². The number of amides is 1. The first-order valence-electron chi connectivity index (χ1n) is 7.20. The molecule has 23 heavy (non-hydrogen) atoms. The van der Waals surface area contributed by atoms with Crippen molar-refractivity contribution in [3.05, 3.63) is 28.8 Å². The number of ether oxygens (including phenoxy) is 2. The summed E-state index contributed by atoms with van der Waals surface area (Å²) in [5.41, 5.74) is 0.379. The molecule has 0 spiro atoms. The van der Waals surface area contributed by atoms with E-state index in [9.17, 15) is 9.90 Å². The maximum Gasteiger partial charge on any atom is 0.255 e. The number of halogens is 2.